The molecule has 0 aliphatic carbocycles. The van der Waals surface area contributed by atoms with Crippen molar-refractivity contribution < 1.29 is 9.13 Å². The van der Waals surface area contributed by atoms with E-state index in [-0.39, 0.29) is 36.4 Å². The Labute approximate surface area is 155 Å². The number of nitrogens with zero attached hydrogens (tertiary/aromatic N) is 2. The highest BCUT2D eigenvalue weighted by Gasteiger charge is 2.31. The maximum atomic E-state index is 13.7. The van der Waals surface area contributed by atoms with Crippen molar-refractivity contribution in [3.05, 3.63) is 35.1 Å². The molecule has 2 heterocycles. The zero-order valence-electron chi connectivity index (χ0n) is 13.5. The summed E-state index contributed by atoms with van der Waals surface area (Å²) in [4.78, 5) is 2.47. The van der Waals surface area contributed by atoms with Crippen LogP contribution in [0, 0.1) is 23.1 Å². The Hall–Kier alpha value is -0.900. The molecule has 0 aromatic heterocycles. The molecule has 7 heteroatoms. The summed E-state index contributed by atoms with van der Waals surface area (Å²) in [5, 5.41) is 12.5. The molecule has 0 amide bonds. The van der Waals surface area contributed by atoms with Crippen LogP contribution >= 0.6 is 24.8 Å². The number of ether oxygens (including phenoxy) is 1. The fourth-order valence-electron chi connectivity index (χ4n) is 3.59. The van der Waals surface area contributed by atoms with E-state index >= 15 is 0 Å². The molecule has 0 unspecified atom stereocenters. The summed E-state index contributed by atoms with van der Waals surface area (Å²) in [5.74, 6) is 0.0705. The third-order valence-electron chi connectivity index (χ3n) is 4.71. The van der Waals surface area contributed by atoms with Gasteiger partial charge in [0.05, 0.1) is 5.56 Å². The molecule has 0 bridgehead atoms. The molecular weight excluding hydrogens is 352 g/mol. The predicted octanol–water partition coefficient (Wildman–Crippen LogP) is 2.91. The summed E-state index contributed by atoms with van der Waals surface area (Å²) in [6, 6.07) is 7.23. The van der Waals surface area contributed by atoms with Gasteiger partial charge in [0.1, 0.15) is 11.9 Å². The summed E-state index contributed by atoms with van der Waals surface area (Å²) < 4.78 is 19.1. The van der Waals surface area contributed by atoms with Crippen LogP contribution in [0.5, 0.6) is 0 Å². The van der Waals surface area contributed by atoms with Gasteiger partial charge in [-0.25, -0.2) is 4.39 Å². The highest BCUT2D eigenvalue weighted by atomic mass is 35.5. The van der Waals surface area contributed by atoms with Gasteiger partial charge in [-0.2, -0.15) is 5.26 Å². The summed E-state index contributed by atoms with van der Waals surface area (Å²) in [6.45, 7) is 5.51. The van der Waals surface area contributed by atoms with Crippen molar-refractivity contribution in [2.75, 3.05) is 39.4 Å². The lowest BCUT2D eigenvalue weighted by molar-refractivity contribution is 0.0213. The molecule has 4 nitrogen and oxygen atoms in total. The van der Waals surface area contributed by atoms with Gasteiger partial charge in [0.15, 0.2) is 0 Å². The van der Waals surface area contributed by atoms with Crippen LogP contribution in [0.25, 0.3) is 0 Å². The van der Waals surface area contributed by atoms with Gasteiger partial charge >= 0.3 is 0 Å². The Kier molecular flexibility index (Phi) is 8.96. The van der Waals surface area contributed by atoms with Crippen molar-refractivity contribution in [1.29, 1.82) is 5.26 Å². The molecule has 2 fully saturated rings. The minimum atomic E-state index is -0.433. The van der Waals surface area contributed by atoms with Crippen LogP contribution in [-0.4, -0.2) is 44.3 Å². The number of halogens is 3. The number of benzene rings is 1. The van der Waals surface area contributed by atoms with E-state index in [4.69, 9.17) is 10.00 Å². The van der Waals surface area contributed by atoms with Crippen LogP contribution in [0.1, 0.15) is 30.0 Å². The van der Waals surface area contributed by atoms with E-state index in [9.17, 15) is 4.39 Å². The molecule has 3 rings (SSSR count). The average Bonchev–Trinajstić information content (AvgIpc) is 2.58. The van der Waals surface area contributed by atoms with Crippen LogP contribution in [0.3, 0.4) is 0 Å². The lowest BCUT2D eigenvalue weighted by atomic mass is 9.85. The Bertz CT molecular complexity index is 537. The summed E-state index contributed by atoms with van der Waals surface area (Å²) in [6.07, 6.45) is 2.04. The van der Waals surface area contributed by atoms with Gasteiger partial charge in [-0.15, -0.1) is 24.8 Å². The Morgan fingerprint density at radius 3 is 2.50 bits per heavy atom. The van der Waals surface area contributed by atoms with Crippen LogP contribution < -0.4 is 5.32 Å². The lowest BCUT2D eigenvalue weighted by Gasteiger charge is -2.41. The smallest absolute Gasteiger partial charge is 0.140 e. The van der Waals surface area contributed by atoms with Crippen LogP contribution in [0.4, 0.5) is 4.39 Å². The van der Waals surface area contributed by atoms with Gasteiger partial charge in [-0.3, -0.25) is 4.90 Å². The first-order chi connectivity index (χ1) is 10.8. The van der Waals surface area contributed by atoms with Crippen molar-refractivity contribution in [2.24, 2.45) is 5.92 Å². The average molecular weight is 376 g/mol. The number of hydrogen-bond donors (Lipinski definition) is 1. The number of piperazine rings is 1. The zero-order valence-corrected chi connectivity index (χ0v) is 15.2. The maximum absolute atomic E-state index is 13.7. The maximum Gasteiger partial charge on any atom is 0.140 e. The van der Waals surface area contributed by atoms with Crippen molar-refractivity contribution in [2.45, 2.75) is 18.9 Å². The highest BCUT2D eigenvalue weighted by Crippen LogP contribution is 2.35. The standard InChI is InChI=1S/C17H22FN3O.2ClH/c18-16-2-1-14(11-15(16)12-19)17(13-3-9-22-10-4-13)21-7-5-20-6-8-21;;/h1-2,11,13,17,20H,3-10H2;2*1H/t17-;;/m0../s1. The molecule has 2 aliphatic heterocycles. The van der Waals surface area contributed by atoms with Crippen molar-refractivity contribution >= 4 is 24.8 Å². The Morgan fingerprint density at radius 1 is 1.21 bits per heavy atom. The van der Waals surface area contributed by atoms with Crippen molar-refractivity contribution in [1.82, 2.24) is 10.2 Å². The van der Waals surface area contributed by atoms with Gasteiger partial charge in [0.25, 0.3) is 0 Å². The quantitative estimate of drug-likeness (QED) is 0.882. The summed E-state index contributed by atoms with van der Waals surface area (Å²) >= 11 is 0. The topological polar surface area (TPSA) is 48.3 Å². The van der Waals surface area contributed by atoms with E-state index in [1.165, 1.54) is 6.07 Å². The SMILES string of the molecule is Cl.Cl.N#Cc1cc([C@H](C2CCOCC2)N2CCNCC2)ccc1F. The molecule has 0 saturated carbocycles. The van der Waals surface area contributed by atoms with Crippen LogP contribution in [0.15, 0.2) is 18.2 Å². The minimum absolute atomic E-state index is 0. The third kappa shape index (κ3) is 4.81. The fraction of sp³-hybridized carbons (Fsp3) is 0.588. The van der Waals surface area contributed by atoms with Gasteiger partial charge in [0.2, 0.25) is 0 Å². The number of rotatable bonds is 3. The molecule has 1 N–H and O–H groups in total. The lowest BCUT2D eigenvalue weighted by Crippen LogP contribution is -2.47. The van der Waals surface area contributed by atoms with Crippen LogP contribution in [-0.2, 0) is 4.74 Å². The summed E-state index contributed by atoms with van der Waals surface area (Å²) in [5.41, 5.74) is 1.21. The van der Waals surface area contributed by atoms with Crippen molar-refractivity contribution in [3.63, 3.8) is 0 Å². The second-order valence-corrected chi connectivity index (χ2v) is 6.03. The second kappa shape index (κ2) is 10.2. The predicted molar refractivity (Wildman–Crippen MR) is 96.3 cm³/mol. The Morgan fingerprint density at radius 2 is 1.88 bits per heavy atom. The first-order valence-corrected chi connectivity index (χ1v) is 8.01. The number of nitrogens with one attached hydrogen (secondary N) is 1. The molecule has 0 radical (unpaired) electrons. The molecule has 1 aromatic carbocycles. The third-order valence-corrected chi connectivity index (χ3v) is 4.71. The fourth-order valence-corrected chi connectivity index (χ4v) is 3.59. The zero-order chi connectivity index (χ0) is 15.4. The molecule has 1 atom stereocenters. The first-order valence-electron chi connectivity index (χ1n) is 8.01. The number of hydrogen-bond acceptors (Lipinski definition) is 4. The van der Waals surface area contributed by atoms with Gasteiger partial charge in [-0.05, 0) is 36.5 Å². The van der Waals surface area contributed by atoms with E-state index in [0.717, 1.165) is 57.8 Å². The highest BCUT2D eigenvalue weighted by molar-refractivity contribution is 5.85. The largest absolute Gasteiger partial charge is 0.381 e. The minimum Gasteiger partial charge on any atom is -0.381 e. The Balaban J connectivity index is 0.00000144. The number of nitriles is 1. The van der Waals surface area contributed by atoms with Gasteiger partial charge in [0, 0.05) is 45.4 Å². The molecule has 2 saturated heterocycles. The van der Waals surface area contributed by atoms with E-state index in [1.54, 1.807) is 6.07 Å². The van der Waals surface area contributed by atoms with E-state index in [2.05, 4.69) is 10.2 Å². The van der Waals surface area contributed by atoms with Crippen molar-refractivity contribution in [3.8, 4) is 6.07 Å². The normalized spacial score (nSPS) is 20.3. The first kappa shape index (κ1) is 21.1. The van der Waals surface area contributed by atoms with Crippen LogP contribution in [0.2, 0.25) is 0 Å². The second-order valence-electron chi connectivity index (χ2n) is 6.03. The van der Waals surface area contributed by atoms with E-state index in [0.29, 0.717) is 5.92 Å². The molecular formula is C17H24Cl2FN3O. The van der Waals surface area contributed by atoms with E-state index < -0.39 is 5.82 Å². The van der Waals surface area contributed by atoms with Gasteiger partial charge in [-0.1, -0.05) is 6.07 Å². The van der Waals surface area contributed by atoms with E-state index in [1.807, 2.05) is 12.1 Å². The molecule has 134 valence electrons. The molecule has 1 aromatic rings. The summed E-state index contributed by atoms with van der Waals surface area (Å²) in [7, 11) is 0. The molecule has 24 heavy (non-hydrogen) atoms. The van der Waals surface area contributed by atoms with Gasteiger partial charge < -0.3 is 10.1 Å². The monoisotopic (exact) mass is 375 g/mol. The molecule has 0 spiro atoms. The molecule has 2 aliphatic rings.